The summed E-state index contributed by atoms with van der Waals surface area (Å²) in [7, 11) is 0. The van der Waals surface area contributed by atoms with Crippen molar-refractivity contribution in [1.29, 1.82) is 0 Å². The molecule has 88 valence electrons. The Morgan fingerprint density at radius 1 is 1.11 bits per heavy atom. The number of allylic oxidation sites excluding steroid dienone is 2. The standard InChI is InChI=1S/C15H10BrNS/c16-11-6-7-12-14(11)15-13(18-12)8-9-17(15)10-4-2-1-3-5-10/h1-9,12H. The van der Waals surface area contributed by atoms with Gasteiger partial charge in [-0.3, -0.25) is 0 Å². The zero-order valence-corrected chi connectivity index (χ0v) is 11.9. The first-order valence-electron chi connectivity index (χ1n) is 5.86. The second kappa shape index (κ2) is 3.90. The lowest BCUT2D eigenvalue weighted by Gasteiger charge is -2.10. The van der Waals surface area contributed by atoms with E-state index in [1.165, 1.54) is 26.3 Å². The predicted molar refractivity (Wildman–Crippen MR) is 80.4 cm³/mol. The average molecular weight is 316 g/mol. The van der Waals surface area contributed by atoms with Crippen LogP contribution < -0.4 is 0 Å². The Morgan fingerprint density at radius 2 is 1.94 bits per heavy atom. The highest BCUT2D eigenvalue weighted by Gasteiger charge is 2.33. The largest absolute Gasteiger partial charge is 0.316 e. The molecule has 1 aromatic carbocycles. The SMILES string of the molecule is BrC1=C2c3c(ccn3-c3ccccc3)SC2C=C1. The summed E-state index contributed by atoms with van der Waals surface area (Å²) in [6.07, 6.45) is 6.59. The molecule has 1 aliphatic carbocycles. The quantitative estimate of drug-likeness (QED) is 0.743. The van der Waals surface area contributed by atoms with E-state index in [0.29, 0.717) is 5.25 Å². The van der Waals surface area contributed by atoms with Crippen LogP contribution in [-0.4, -0.2) is 9.82 Å². The van der Waals surface area contributed by atoms with Crippen LogP contribution in [0, 0.1) is 0 Å². The predicted octanol–water partition coefficient (Wildman–Crippen LogP) is 4.63. The summed E-state index contributed by atoms with van der Waals surface area (Å²) in [4.78, 5) is 1.38. The van der Waals surface area contributed by atoms with Gasteiger partial charge in [0.05, 0.1) is 10.9 Å². The van der Waals surface area contributed by atoms with Crippen molar-refractivity contribution in [2.75, 3.05) is 0 Å². The third-order valence-corrected chi connectivity index (χ3v) is 5.27. The van der Waals surface area contributed by atoms with Gasteiger partial charge in [0.15, 0.2) is 0 Å². The van der Waals surface area contributed by atoms with Crippen molar-refractivity contribution in [1.82, 2.24) is 4.57 Å². The zero-order chi connectivity index (χ0) is 12.1. The number of hydrogen-bond donors (Lipinski definition) is 0. The van der Waals surface area contributed by atoms with Crippen molar-refractivity contribution in [2.45, 2.75) is 10.1 Å². The molecular weight excluding hydrogens is 306 g/mol. The highest BCUT2D eigenvalue weighted by atomic mass is 79.9. The van der Waals surface area contributed by atoms with Crippen LogP contribution in [0.25, 0.3) is 11.3 Å². The van der Waals surface area contributed by atoms with E-state index in [0.717, 1.165) is 0 Å². The lowest BCUT2D eigenvalue weighted by molar-refractivity contribution is 1.04. The smallest absolute Gasteiger partial charge is 0.0650 e. The summed E-state index contributed by atoms with van der Waals surface area (Å²) < 4.78 is 3.50. The van der Waals surface area contributed by atoms with E-state index in [1.54, 1.807) is 0 Å². The Morgan fingerprint density at radius 3 is 2.78 bits per heavy atom. The molecule has 0 N–H and O–H groups in total. The number of halogens is 1. The fourth-order valence-corrected chi connectivity index (χ4v) is 4.54. The molecule has 2 aliphatic rings. The van der Waals surface area contributed by atoms with Gasteiger partial charge in [-0.1, -0.05) is 46.3 Å². The van der Waals surface area contributed by atoms with Crippen molar-refractivity contribution in [2.24, 2.45) is 0 Å². The summed E-state index contributed by atoms with van der Waals surface area (Å²) in [5, 5.41) is 0.487. The van der Waals surface area contributed by atoms with Crippen LogP contribution >= 0.6 is 27.7 Å². The highest BCUT2D eigenvalue weighted by Crippen LogP contribution is 2.51. The van der Waals surface area contributed by atoms with E-state index >= 15 is 0 Å². The van der Waals surface area contributed by atoms with Crippen LogP contribution in [0.1, 0.15) is 5.69 Å². The minimum atomic E-state index is 0.487. The van der Waals surface area contributed by atoms with E-state index in [9.17, 15) is 0 Å². The second-order valence-electron chi connectivity index (χ2n) is 4.39. The first-order chi connectivity index (χ1) is 8.84. The van der Waals surface area contributed by atoms with Gasteiger partial charge in [-0.2, -0.15) is 0 Å². The van der Waals surface area contributed by atoms with Gasteiger partial charge in [0.25, 0.3) is 0 Å². The monoisotopic (exact) mass is 315 g/mol. The molecule has 1 unspecified atom stereocenters. The first kappa shape index (κ1) is 10.7. The molecule has 0 bridgehead atoms. The lowest BCUT2D eigenvalue weighted by atomic mass is 10.1. The number of benzene rings is 1. The molecule has 1 atom stereocenters. The van der Waals surface area contributed by atoms with E-state index in [4.69, 9.17) is 0 Å². The van der Waals surface area contributed by atoms with Crippen molar-refractivity contribution in [3.05, 3.63) is 64.9 Å². The molecule has 0 saturated heterocycles. The molecule has 18 heavy (non-hydrogen) atoms. The molecule has 2 heterocycles. The molecule has 0 radical (unpaired) electrons. The van der Waals surface area contributed by atoms with Crippen LogP contribution in [0.3, 0.4) is 0 Å². The van der Waals surface area contributed by atoms with E-state index in [2.05, 4.69) is 75.2 Å². The Kier molecular flexibility index (Phi) is 2.32. The number of fused-ring (bicyclic) bond motifs is 3. The van der Waals surface area contributed by atoms with Crippen LogP contribution in [0.5, 0.6) is 0 Å². The molecule has 0 amide bonds. The molecule has 3 heteroatoms. The fraction of sp³-hybridized carbons (Fsp3) is 0.0667. The summed E-state index contributed by atoms with van der Waals surface area (Å²) in [6.45, 7) is 0. The summed E-state index contributed by atoms with van der Waals surface area (Å²) in [6, 6.07) is 12.7. The molecule has 0 fully saturated rings. The molecule has 4 rings (SSSR count). The van der Waals surface area contributed by atoms with Crippen molar-refractivity contribution in [3.63, 3.8) is 0 Å². The van der Waals surface area contributed by atoms with Gasteiger partial charge in [-0.15, -0.1) is 11.8 Å². The van der Waals surface area contributed by atoms with Crippen molar-refractivity contribution in [3.8, 4) is 5.69 Å². The van der Waals surface area contributed by atoms with E-state index in [1.807, 2.05) is 11.8 Å². The van der Waals surface area contributed by atoms with Crippen LogP contribution in [0.15, 0.2) is 64.1 Å². The summed E-state index contributed by atoms with van der Waals surface area (Å²) in [5.74, 6) is 0. The molecule has 2 aromatic rings. The summed E-state index contributed by atoms with van der Waals surface area (Å²) in [5.41, 5.74) is 3.97. The van der Waals surface area contributed by atoms with E-state index in [-0.39, 0.29) is 0 Å². The van der Waals surface area contributed by atoms with Gasteiger partial charge in [-0.05, 0) is 18.2 Å². The Labute approximate surface area is 118 Å². The second-order valence-corrected chi connectivity index (χ2v) is 6.43. The fourth-order valence-electron chi connectivity index (χ4n) is 2.55. The molecule has 0 saturated carbocycles. The number of nitrogens with zero attached hydrogens (tertiary/aromatic N) is 1. The van der Waals surface area contributed by atoms with Crippen LogP contribution in [-0.2, 0) is 0 Å². The number of rotatable bonds is 1. The van der Waals surface area contributed by atoms with Crippen LogP contribution in [0.4, 0.5) is 0 Å². The number of thioether (sulfide) groups is 1. The Balaban J connectivity index is 1.94. The lowest BCUT2D eigenvalue weighted by Crippen LogP contribution is -2.00. The van der Waals surface area contributed by atoms with Gasteiger partial charge in [0.1, 0.15) is 0 Å². The van der Waals surface area contributed by atoms with Crippen molar-refractivity contribution < 1.29 is 0 Å². The molecular formula is C15H10BrNS. The maximum Gasteiger partial charge on any atom is 0.0650 e. The highest BCUT2D eigenvalue weighted by molar-refractivity contribution is 9.12. The maximum atomic E-state index is 3.67. The molecule has 1 aliphatic heterocycles. The van der Waals surface area contributed by atoms with E-state index < -0.39 is 0 Å². The Hall–Kier alpha value is -1.19. The minimum absolute atomic E-state index is 0.487. The minimum Gasteiger partial charge on any atom is -0.316 e. The van der Waals surface area contributed by atoms with Gasteiger partial charge in [0.2, 0.25) is 0 Å². The zero-order valence-electron chi connectivity index (χ0n) is 9.51. The van der Waals surface area contributed by atoms with Gasteiger partial charge in [-0.25, -0.2) is 0 Å². The first-order valence-corrected chi connectivity index (χ1v) is 7.53. The van der Waals surface area contributed by atoms with Gasteiger partial charge < -0.3 is 4.57 Å². The third-order valence-electron chi connectivity index (χ3n) is 3.35. The third kappa shape index (κ3) is 1.41. The Bertz CT molecular complexity index is 682. The van der Waals surface area contributed by atoms with Gasteiger partial charge in [0, 0.05) is 26.8 Å². The molecule has 1 aromatic heterocycles. The molecule has 0 spiro atoms. The number of para-hydroxylation sites is 1. The number of aromatic nitrogens is 1. The molecule has 1 nitrogen and oxygen atoms in total. The van der Waals surface area contributed by atoms with Crippen LogP contribution in [0.2, 0.25) is 0 Å². The normalized spacial score (nSPS) is 20.4. The summed E-state index contributed by atoms with van der Waals surface area (Å²) >= 11 is 5.60. The topological polar surface area (TPSA) is 4.93 Å². The average Bonchev–Trinajstić information content (AvgIpc) is 3.03. The van der Waals surface area contributed by atoms with Crippen molar-refractivity contribution >= 4 is 33.3 Å². The maximum absolute atomic E-state index is 3.67. The van der Waals surface area contributed by atoms with Gasteiger partial charge >= 0.3 is 0 Å². The number of hydrogen-bond acceptors (Lipinski definition) is 1.